The SMILES string of the molecule is Cc1ccc2oc(-c3cc(N4CC(C(=O)O)CC4=O)ccc3Cl)nc2c1. The van der Waals surface area contributed by atoms with E-state index < -0.39 is 11.9 Å². The Balaban J connectivity index is 1.74. The lowest BCUT2D eigenvalue weighted by Crippen LogP contribution is -2.25. The monoisotopic (exact) mass is 370 g/mol. The van der Waals surface area contributed by atoms with Crippen molar-refractivity contribution in [1.29, 1.82) is 0 Å². The Hall–Kier alpha value is -2.86. The molecule has 1 N–H and O–H groups in total. The molecule has 2 aromatic carbocycles. The second kappa shape index (κ2) is 6.14. The minimum Gasteiger partial charge on any atom is -0.481 e. The molecule has 0 aliphatic carbocycles. The van der Waals surface area contributed by atoms with Crippen LogP contribution < -0.4 is 4.90 Å². The minimum absolute atomic E-state index is 0.00451. The molecule has 2 heterocycles. The molecule has 1 fully saturated rings. The van der Waals surface area contributed by atoms with Gasteiger partial charge in [0.2, 0.25) is 11.8 Å². The Labute approximate surface area is 154 Å². The molecule has 3 aromatic rings. The van der Waals surface area contributed by atoms with Crippen molar-refractivity contribution in [2.24, 2.45) is 5.92 Å². The van der Waals surface area contributed by atoms with Crippen LogP contribution in [0.3, 0.4) is 0 Å². The lowest BCUT2D eigenvalue weighted by Gasteiger charge is -2.17. The third-order valence-electron chi connectivity index (χ3n) is 4.51. The van der Waals surface area contributed by atoms with Gasteiger partial charge in [-0.3, -0.25) is 9.59 Å². The highest BCUT2D eigenvalue weighted by molar-refractivity contribution is 6.33. The summed E-state index contributed by atoms with van der Waals surface area (Å²) in [5.74, 6) is -1.53. The van der Waals surface area contributed by atoms with Gasteiger partial charge in [0.25, 0.3) is 0 Å². The zero-order chi connectivity index (χ0) is 18.4. The van der Waals surface area contributed by atoms with Gasteiger partial charge in [0.05, 0.1) is 16.5 Å². The van der Waals surface area contributed by atoms with Crippen LogP contribution in [-0.2, 0) is 9.59 Å². The molecule has 0 saturated carbocycles. The van der Waals surface area contributed by atoms with Crippen molar-refractivity contribution in [2.45, 2.75) is 13.3 Å². The summed E-state index contributed by atoms with van der Waals surface area (Å²) in [7, 11) is 0. The zero-order valence-electron chi connectivity index (χ0n) is 13.9. The quantitative estimate of drug-likeness (QED) is 0.756. The van der Waals surface area contributed by atoms with Crippen LogP contribution in [0.15, 0.2) is 40.8 Å². The maximum Gasteiger partial charge on any atom is 0.308 e. The first kappa shape index (κ1) is 16.6. The number of anilines is 1. The van der Waals surface area contributed by atoms with E-state index in [1.54, 1.807) is 18.2 Å². The van der Waals surface area contributed by atoms with Crippen LogP contribution in [0.1, 0.15) is 12.0 Å². The molecule has 26 heavy (non-hydrogen) atoms. The van der Waals surface area contributed by atoms with Gasteiger partial charge in [-0.2, -0.15) is 0 Å². The van der Waals surface area contributed by atoms with E-state index in [-0.39, 0.29) is 18.9 Å². The van der Waals surface area contributed by atoms with E-state index in [0.717, 1.165) is 11.1 Å². The Morgan fingerprint density at radius 3 is 2.85 bits per heavy atom. The number of carboxylic acids is 1. The number of carboxylic acid groups (broad SMARTS) is 1. The molecular formula is C19H15ClN2O4. The van der Waals surface area contributed by atoms with Gasteiger partial charge in [-0.25, -0.2) is 4.98 Å². The van der Waals surface area contributed by atoms with Crippen molar-refractivity contribution in [1.82, 2.24) is 4.98 Å². The minimum atomic E-state index is -0.968. The first-order valence-electron chi connectivity index (χ1n) is 8.12. The van der Waals surface area contributed by atoms with Crippen molar-refractivity contribution in [2.75, 3.05) is 11.4 Å². The lowest BCUT2D eigenvalue weighted by atomic mass is 10.1. The fraction of sp³-hybridized carbons (Fsp3) is 0.211. The van der Waals surface area contributed by atoms with Crippen molar-refractivity contribution in [3.8, 4) is 11.5 Å². The number of oxazole rings is 1. The first-order chi connectivity index (χ1) is 12.4. The number of aryl methyl sites for hydroxylation is 1. The predicted octanol–water partition coefficient (Wildman–Crippen LogP) is 3.89. The molecule has 132 valence electrons. The average molecular weight is 371 g/mol. The highest BCUT2D eigenvalue weighted by Crippen LogP contribution is 2.35. The first-order valence-corrected chi connectivity index (χ1v) is 8.50. The van der Waals surface area contributed by atoms with Gasteiger partial charge in [0.1, 0.15) is 5.52 Å². The molecule has 1 aromatic heterocycles. The molecule has 1 aliphatic heterocycles. The summed E-state index contributed by atoms with van der Waals surface area (Å²) < 4.78 is 5.80. The number of benzene rings is 2. The third-order valence-corrected chi connectivity index (χ3v) is 4.84. The van der Waals surface area contributed by atoms with Crippen molar-refractivity contribution >= 4 is 40.3 Å². The van der Waals surface area contributed by atoms with Gasteiger partial charge in [-0.1, -0.05) is 17.7 Å². The number of aliphatic carboxylic acids is 1. The fourth-order valence-corrected chi connectivity index (χ4v) is 3.32. The summed E-state index contributed by atoms with van der Waals surface area (Å²) in [6.45, 7) is 2.11. The Kier molecular flexibility index (Phi) is 3.92. The summed E-state index contributed by atoms with van der Waals surface area (Å²) in [6.07, 6.45) is -0.00451. The van der Waals surface area contributed by atoms with Crippen molar-refractivity contribution in [3.05, 3.63) is 47.0 Å². The van der Waals surface area contributed by atoms with E-state index in [9.17, 15) is 9.59 Å². The number of halogens is 1. The van der Waals surface area contributed by atoms with E-state index >= 15 is 0 Å². The van der Waals surface area contributed by atoms with E-state index in [0.29, 0.717) is 27.7 Å². The number of carbonyl (C=O) groups excluding carboxylic acids is 1. The third kappa shape index (κ3) is 2.82. The van der Waals surface area contributed by atoms with E-state index in [1.807, 2.05) is 25.1 Å². The fourth-order valence-electron chi connectivity index (χ4n) is 3.12. The molecule has 1 amide bonds. The van der Waals surface area contributed by atoms with E-state index in [4.69, 9.17) is 21.1 Å². The maximum absolute atomic E-state index is 12.2. The second-order valence-corrected chi connectivity index (χ2v) is 6.81. The number of nitrogens with zero attached hydrogens (tertiary/aromatic N) is 2. The van der Waals surface area contributed by atoms with Gasteiger partial charge in [-0.15, -0.1) is 0 Å². The molecule has 7 heteroatoms. The van der Waals surface area contributed by atoms with Gasteiger partial charge >= 0.3 is 5.97 Å². The van der Waals surface area contributed by atoms with E-state index in [2.05, 4.69) is 4.98 Å². The number of aromatic nitrogens is 1. The summed E-state index contributed by atoms with van der Waals surface area (Å²) in [6, 6.07) is 10.8. The summed E-state index contributed by atoms with van der Waals surface area (Å²) in [5, 5.41) is 9.59. The van der Waals surface area contributed by atoms with Gasteiger partial charge in [0.15, 0.2) is 5.58 Å². The Morgan fingerprint density at radius 2 is 2.12 bits per heavy atom. The highest BCUT2D eigenvalue weighted by Gasteiger charge is 2.35. The molecule has 1 atom stereocenters. The Bertz CT molecular complexity index is 1040. The van der Waals surface area contributed by atoms with Crippen molar-refractivity contribution in [3.63, 3.8) is 0 Å². The molecular weight excluding hydrogens is 356 g/mol. The van der Waals surface area contributed by atoms with Crippen LogP contribution in [-0.4, -0.2) is 28.5 Å². The average Bonchev–Trinajstić information content (AvgIpc) is 3.18. The Morgan fingerprint density at radius 1 is 1.31 bits per heavy atom. The highest BCUT2D eigenvalue weighted by atomic mass is 35.5. The molecule has 0 radical (unpaired) electrons. The largest absolute Gasteiger partial charge is 0.481 e. The number of hydrogen-bond donors (Lipinski definition) is 1. The lowest BCUT2D eigenvalue weighted by molar-refractivity contribution is -0.141. The molecule has 0 spiro atoms. The number of amides is 1. The molecule has 6 nitrogen and oxygen atoms in total. The van der Waals surface area contributed by atoms with Gasteiger partial charge < -0.3 is 14.4 Å². The molecule has 1 aliphatic rings. The molecule has 4 rings (SSSR count). The van der Waals surface area contributed by atoms with Gasteiger partial charge in [-0.05, 0) is 42.8 Å². The van der Waals surface area contributed by atoms with Crippen LogP contribution in [0, 0.1) is 12.8 Å². The van der Waals surface area contributed by atoms with Crippen LogP contribution in [0.2, 0.25) is 5.02 Å². The molecule has 1 unspecified atom stereocenters. The number of hydrogen-bond acceptors (Lipinski definition) is 4. The van der Waals surface area contributed by atoms with E-state index in [1.165, 1.54) is 4.90 Å². The van der Waals surface area contributed by atoms with Crippen LogP contribution >= 0.6 is 11.6 Å². The number of carbonyl (C=O) groups is 2. The number of rotatable bonds is 3. The second-order valence-electron chi connectivity index (χ2n) is 6.40. The smallest absolute Gasteiger partial charge is 0.308 e. The van der Waals surface area contributed by atoms with Crippen LogP contribution in [0.25, 0.3) is 22.6 Å². The number of fused-ring (bicyclic) bond motifs is 1. The topological polar surface area (TPSA) is 83.6 Å². The maximum atomic E-state index is 12.2. The van der Waals surface area contributed by atoms with Crippen LogP contribution in [0.4, 0.5) is 5.69 Å². The van der Waals surface area contributed by atoms with Crippen molar-refractivity contribution < 1.29 is 19.1 Å². The normalized spacial score (nSPS) is 17.2. The molecule has 0 bridgehead atoms. The summed E-state index contributed by atoms with van der Waals surface area (Å²) in [5.41, 5.74) is 3.58. The standard InChI is InChI=1S/C19H15ClN2O4/c1-10-2-5-16-15(6-10)21-18(26-16)13-8-12(3-4-14(13)20)22-9-11(19(24)25)7-17(22)23/h2-6,8,11H,7,9H2,1H3,(H,24,25). The van der Waals surface area contributed by atoms with Crippen LogP contribution in [0.5, 0.6) is 0 Å². The predicted molar refractivity (Wildman–Crippen MR) is 97.3 cm³/mol. The summed E-state index contributed by atoms with van der Waals surface area (Å²) >= 11 is 6.31. The van der Waals surface area contributed by atoms with Gasteiger partial charge in [0, 0.05) is 18.7 Å². The summed E-state index contributed by atoms with van der Waals surface area (Å²) in [4.78, 5) is 29.3. The zero-order valence-corrected chi connectivity index (χ0v) is 14.7. The molecule has 1 saturated heterocycles.